The van der Waals surface area contributed by atoms with Crippen LogP contribution in [0.1, 0.15) is 24.8 Å². The van der Waals surface area contributed by atoms with E-state index in [1.165, 1.54) is 6.42 Å². The Morgan fingerprint density at radius 1 is 1.08 bits per heavy atom. The third-order valence-electron chi connectivity index (χ3n) is 5.68. The maximum absolute atomic E-state index is 12.3. The van der Waals surface area contributed by atoms with Gasteiger partial charge in [0.2, 0.25) is 0 Å². The van der Waals surface area contributed by atoms with Crippen molar-refractivity contribution < 1.29 is 14.3 Å². The number of hydrogen-bond donors (Lipinski definition) is 2. The molecule has 1 aromatic rings. The number of benzene rings is 1. The SMILES string of the molecule is O=C(NC1CCN(CC2CCOC2)CC1)NC1COc2ccccc2C1. The number of urea groups is 1. The van der Waals surface area contributed by atoms with Gasteiger partial charge in [0, 0.05) is 32.3 Å². The lowest BCUT2D eigenvalue weighted by atomic mass is 10.0. The van der Waals surface area contributed by atoms with Gasteiger partial charge in [0.05, 0.1) is 12.6 Å². The van der Waals surface area contributed by atoms with E-state index in [9.17, 15) is 4.79 Å². The van der Waals surface area contributed by atoms with Crippen molar-refractivity contribution in [2.45, 2.75) is 37.8 Å². The number of hydrogen-bond acceptors (Lipinski definition) is 4. The van der Waals surface area contributed by atoms with Crippen LogP contribution in [0, 0.1) is 5.92 Å². The molecule has 4 rings (SSSR count). The minimum absolute atomic E-state index is 0.0346. The average molecular weight is 359 g/mol. The highest BCUT2D eigenvalue weighted by Gasteiger charge is 2.26. The number of likely N-dealkylation sites (tertiary alicyclic amines) is 1. The van der Waals surface area contributed by atoms with E-state index in [1.807, 2.05) is 18.2 Å². The van der Waals surface area contributed by atoms with Crippen molar-refractivity contribution in [1.29, 1.82) is 0 Å². The minimum Gasteiger partial charge on any atom is -0.491 e. The number of piperidine rings is 1. The summed E-state index contributed by atoms with van der Waals surface area (Å²) in [7, 11) is 0. The number of ether oxygens (including phenoxy) is 2. The van der Waals surface area contributed by atoms with Gasteiger partial charge in [0.1, 0.15) is 12.4 Å². The molecular formula is C20H29N3O3. The first-order valence-corrected chi connectivity index (χ1v) is 9.84. The number of carbonyl (C=O) groups excluding carboxylic acids is 1. The molecule has 6 nitrogen and oxygen atoms in total. The number of fused-ring (bicyclic) bond motifs is 1. The summed E-state index contributed by atoms with van der Waals surface area (Å²) in [6, 6.07) is 8.26. The second kappa shape index (κ2) is 8.27. The summed E-state index contributed by atoms with van der Waals surface area (Å²) in [5.74, 6) is 1.63. The van der Waals surface area contributed by atoms with Crippen LogP contribution in [-0.4, -0.2) is 62.5 Å². The van der Waals surface area contributed by atoms with E-state index >= 15 is 0 Å². The summed E-state index contributed by atoms with van der Waals surface area (Å²) in [6.07, 6.45) is 4.05. The number of carbonyl (C=O) groups is 1. The molecule has 0 aliphatic carbocycles. The maximum Gasteiger partial charge on any atom is 0.315 e. The molecule has 0 saturated carbocycles. The van der Waals surface area contributed by atoms with Crippen molar-refractivity contribution in [3.8, 4) is 5.75 Å². The van der Waals surface area contributed by atoms with Gasteiger partial charge in [-0.3, -0.25) is 0 Å². The predicted molar refractivity (Wildman–Crippen MR) is 99.5 cm³/mol. The van der Waals surface area contributed by atoms with Gasteiger partial charge in [-0.2, -0.15) is 0 Å². The van der Waals surface area contributed by atoms with E-state index in [1.54, 1.807) is 0 Å². The lowest BCUT2D eigenvalue weighted by Crippen LogP contribution is -2.52. The molecule has 0 radical (unpaired) electrons. The Labute approximate surface area is 155 Å². The fraction of sp³-hybridized carbons (Fsp3) is 0.650. The van der Waals surface area contributed by atoms with Crippen molar-refractivity contribution in [3.63, 3.8) is 0 Å². The smallest absolute Gasteiger partial charge is 0.315 e. The first kappa shape index (κ1) is 17.6. The lowest BCUT2D eigenvalue weighted by Gasteiger charge is -2.34. The predicted octanol–water partition coefficient (Wildman–Crippen LogP) is 1.79. The second-order valence-corrected chi connectivity index (χ2v) is 7.74. The molecule has 2 unspecified atom stereocenters. The Bertz CT molecular complexity index is 610. The average Bonchev–Trinajstić information content (AvgIpc) is 3.16. The van der Waals surface area contributed by atoms with E-state index in [0.717, 1.165) is 63.4 Å². The summed E-state index contributed by atoms with van der Waals surface area (Å²) in [4.78, 5) is 14.9. The summed E-state index contributed by atoms with van der Waals surface area (Å²) < 4.78 is 11.2. The van der Waals surface area contributed by atoms with E-state index in [0.29, 0.717) is 12.5 Å². The minimum atomic E-state index is -0.0689. The fourth-order valence-electron chi connectivity index (χ4n) is 4.19. The molecule has 2 amide bonds. The third kappa shape index (κ3) is 4.48. The second-order valence-electron chi connectivity index (χ2n) is 7.74. The molecule has 2 N–H and O–H groups in total. The molecule has 0 aromatic heterocycles. The van der Waals surface area contributed by atoms with Crippen molar-refractivity contribution in [2.24, 2.45) is 5.92 Å². The monoisotopic (exact) mass is 359 g/mol. The number of rotatable bonds is 4. The van der Waals surface area contributed by atoms with Gasteiger partial charge >= 0.3 is 6.03 Å². The van der Waals surface area contributed by atoms with Gasteiger partial charge in [-0.25, -0.2) is 4.79 Å². The molecule has 3 aliphatic heterocycles. The lowest BCUT2D eigenvalue weighted by molar-refractivity contribution is 0.147. The van der Waals surface area contributed by atoms with Crippen LogP contribution in [0.15, 0.2) is 24.3 Å². The zero-order valence-corrected chi connectivity index (χ0v) is 15.3. The van der Waals surface area contributed by atoms with Crippen LogP contribution in [0.25, 0.3) is 0 Å². The largest absolute Gasteiger partial charge is 0.491 e. The molecule has 26 heavy (non-hydrogen) atoms. The molecule has 0 bridgehead atoms. The highest BCUT2D eigenvalue weighted by atomic mass is 16.5. The molecule has 3 heterocycles. The Morgan fingerprint density at radius 3 is 2.69 bits per heavy atom. The van der Waals surface area contributed by atoms with Crippen molar-refractivity contribution in [3.05, 3.63) is 29.8 Å². The zero-order valence-electron chi connectivity index (χ0n) is 15.3. The molecule has 3 aliphatic rings. The quantitative estimate of drug-likeness (QED) is 0.860. The first-order chi connectivity index (χ1) is 12.8. The van der Waals surface area contributed by atoms with Gasteiger partial charge in [0.15, 0.2) is 0 Å². The Morgan fingerprint density at radius 2 is 1.88 bits per heavy atom. The van der Waals surface area contributed by atoms with E-state index in [4.69, 9.17) is 9.47 Å². The highest BCUT2D eigenvalue weighted by molar-refractivity contribution is 5.74. The molecule has 2 atom stereocenters. The van der Waals surface area contributed by atoms with Crippen LogP contribution in [0.2, 0.25) is 0 Å². The normalized spacial score (nSPS) is 26.8. The number of nitrogens with one attached hydrogen (secondary N) is 2. The number of para-hydroxylation sites is 1. The van der Waals surface area contributed by atoms with Gasteiger partial charge in [-0.05, 0) is 43.2 Å². The molecule has 142 valence electrons. The molecular weight excluding hydrogens is 330 g/mol. The van der Waals surface area contributed by atoms with Gasteiger partial charge in [-0.1, -0.05) is 18.2 Å². The van der Waals surface area contributed by atoms with Gasteiger partial charge < -0.3 is 25.0 Å². The summed E-state index contributed by atoms with van der Waals surface area (Å²) in [5, 5.41) is 6.22. The molecule has 6 heteroatoms. The van der Waals surface area contributed by atoms with E-state index in [-0.39, 0.29) is 18.1 Å². The van der Waals surface area contributed by atoms with Crippen LogP contribution >= 0.6 is 0 Å². The number of nitrogens with zero attached hydrogens (tertiary/aromatic N) is 1. The molecule has 2 saturated heterocycles. The van der Waals surface area contributed by atoms with Crippen LogP contribution in [0.5, 0.6) is 5.75 Å². The topological polar surface area (TPSA) is 62.8 Å². The summed E-state index contributed by atoms with van der Waals surface area (Å²) in [5.41, 5.74) is 1.16. The van der Waals surface area contributed by atoms with Crippen molar-refractivity contribution >= 4 is 6.03 Å². The third-order valence-corrected chi connectivity index (χ3v) is 5.68. The van der Waals surface area contributed by atoms with Crippen LogP contribution in [-0.2, 0) is 11.2 Å². The molecule has 0 spiro atoms. The van der Waals surface area contributed by atoms with Crippen LogP contribution in [0.4, 0.5) is 4.79 Å². The Kier molecular flexibility index (Phi) is 5.60. The van der Waals surface area contributed by atoms with Crippen molar-refractivity contribution in [2.75, 3.05) is 39.5 Å². The van der Waals surface area contributed by atoms with Crippen LogP contribution < -0.4 is 15.4 Å². The van der Waals surface area contributed by atoms with E-state index in [2.05, 4.69) is 21.6 Å². The first-order valence-electron chi connectivity index (χ1n) is 9.84. The standard InChI is InChI=1S/C20H29N3O3/c24-20(22-18-11-16-3-1-2-4-19(16)26-14-18)21-17-5-8-23(9-6-17)12-15-7-10-25-13-15/h1-4,15,17-18H,5-14H2,(H2,21,22,24). The molecule has 2 fully saturated rings. The van der Waals surface area contributed by atoms with E-state index < -0.39 is 0 Å². The Balaban J connectivity index is 1.18. The van der Waals surface area contributed by atoms with Crippen LogP contribution in [0.3, 0.4) is 0 Å². The summed E-state index contributed by atoms with van der Waals surface area (Å²) in [6.45, 7) is 5.61. The number of amides is 2. The molecule has 1 aromatic carbocycles. The highest BCUT2D eigenvalue weighted by Crippen LogP contribution is 2.24. The summed E-state index contributed by atoms with van der Waals surface area (Å²) >= 11 is 0. The fourth-order valence-corrected chi connectivity index (χ4v) is 4.19. The zero-order chi connectivity index (χ0) is 17.8. The van der Waals surface area contributed by atoms with Gasteiger partial charge in [-0.15, -0.1) is 0 Å². The maximum atomic E-state index is 12.3. The Hall–Kier alpha value is -1.79. The van der Waals surface area contributed by atoms with Crippen molar-refractivity contribution in [1.82, 2.24) is 15.5 Å². The van der Waals surface area contributed by atoms with Gasteiger partial charge in [0.25, 0.3) is 0 Å².